The number of nitrogens with one attached hydrogen (secondary N) is 1. The van der Waals surface area contributed by atoms with E-state index in [9.17, 15) is 4.79 Å². The van der Waals surface area contributed by atoms with Crippen molar-refractivity contribution in [2.45, 2.75) is 26.3 Å². The lowest BCUT2D eigenvalue weighted by Crippen LogP contribution is -2.33. The lowest BCUT2D eigenvalue weighted by Gasteiger charge is -2.30. The van der Waals surface area contributed by atoms with Crippen molar-refractivity contribution < 1.29 is 9.53 Å². The van der Waals surface area contributed by atoms with Gasteiger partial charge in [-0.25, -0.2) is 0 Å². The van der Waals surface area contributed by atoms with E-state index in [4.69, 9.17) is 4.74 Å². The standard InChI is InChI=1S/C26H28N2O2/c1-20-8-7-17-28(18-20)19-21-13-15-22(16-14-21)26(29)27-24-11-5-6-12-25(24)30-23-9-3-2-4-10-23/h2-6,9-16,20H,7-8,17-19H2,1H3,(H,27,29)/t20-/m0/s1. The number of nitrogens with zero attached hydrogens (tertiary/aromatic N) is 1. The molecule has 0 aliphatic carbocycles. The molecule has 0 spiro atoms. The Labute approximate surface area is 178 Å². The first-order valence-corrected chi connectivity index (χ1v) is 10.6. The zero-order valence-electron chi connectivity index (χ0n) is 17.4. The molecule has 3 aromatic rings. The van der Waals surface area contributed by atoms with Gasteiger partial charge in [-0.3, -0.25) is 9.69 Å². The van der Waals surface area contributed by atoms with Gasteiger partial charge in [0.1, 0.15) is 5.75 Å². The van der Waals surface area contributed by atoms with E-state index in [1.54, 1.807) is 0 Å². The molecule has 4 heteroatoms. The molecule has 4 rings (SSSR count). The number of carbonyl (C=O) groups excluding carboxylic acids is 1. The number of amides is 1. The zero-order valence-corrected chi connectivity index (χ0v) is 17.4. The molecule has 1 aliphatic heterocycles. The predicted octanol–water partition coefficient (Wildman–Crippen LogP) is 5.96. The van der Waals surface area contributed by atoms with Crippen molar-refractivity contribution in [3.8, 4) is 11.5 Å². The highest BCUT2D eigenvalue weighted by Gasteiger charge is 2.16. The van der Waals surface area contributed by atoms with E-state index in [-0.39, 0.29) is 5.91 Å². The summed E-state index contributed by atoms with van der Waals surface area (Å²) in [5, 5.41) is 2.98. The highest BCUT2D eigenvalue weighted by Crippen LogP contribution is 2.29. The second-order valence-electron chi connectivity index (χ2n) is 8.04. The average molecular weight is 401 g/mol. The first kappa shape index (κ1) is 20.2. The van der Waals surface area contributed by atoms with Crippen molar-refractivity contribution in [3.63, 3.8) is 0 Å². The van der Waals surface area contributed by atoms with Gasteiger partial charge in [0.05, 0.1) is 5.69 Å². The Bertz CT molecular complexity index is 970. The fraction of sp³-hybridized carbons (Fsp3) is 0.269. The van der Waals surface area contributed by atoms with E-state index in [0.29, 0.717) is 17.0 Å². The normalized spacial score (nSPS) is 16.8. The van der Waals surface area contributed by atoms with Crippen molar-refractivity contribution in [1.82, 2.24) is 4.90 Å². The zero-order chi connectivity index (χ0) is 20.8. The van der Waals surface area contributed by atoms with Crippen LogP contribution < -0.4 is 10.1 Å². The molecule has 0 bridgehead atoms. The smallest absolute Gasteiger partial charge is 0.255 e. The van der Waals surface area contributed by atoms with Crippen LogP contribution in [-0.4, -0.2) is 23.9 Å². The van der Waals surface area contributed by atoms with Gasteiger partial charge in [-0.2, -0.15) is 0 Å². The van der Waals surface area contributed by atoms with Crippen LogP contribution in [0, 0.1) is 5.92 Å². The van der Waals surface area contributed by atoms with E-state index in [1.165, 1.54) is 18.4 Å². The Morgan fingerprint density at radius 1 is 1.00 bits per heavy atom. The van der Waals surface area contributed by atoms with Crippen molar-refractivity contribution in [3.05, 3.63) is 90.0 Å². The number of ether oxygens (including phenoxy) is 1. The summed E-state index contributed by atoms with van der Waals surface area (Å²) < 4.78 is 5.94. The lowest BCUT2D eigenvalue weighted by atomic mass is 9.99. The van der Waals surface area contributed by atoms with Crippen molar-refractivity contribution >= 4 is 11.6 Å². The predicted molar refractivity (Wildman–Crippen MR) is 121 cm³/mol. The van der Waals surface area contributed by atoms with Gasteiger partial charge < -0.3 is 10.1 Å². The number of hydrogen-bond donors (Lipinski definition) is 1. The molecule has 1 atom stereocenters. The minimum absolute atomic E-state index is 0.141. The third-order valence-corrected chi connectivity index (χ3v) is 5.47. The van der Waals surface area contributed by atoms with E-state index in [0.717, 1.165) is 31.3 Å². The monoisotopic (exact) mass is 400 g/mol. The molecule has 1 amide bonds. The van der Waals surface area contributed by atoms with Gasteiger partial charge >= 0.3 is 0 Å². The van der Waals surface area contributed by atoms with Gasteiger partial charge in [0.2, 0.25) is 0 Å². The molecule has 0 unspecified atom stereocenters. The van der Waals surface area contributed by atoms with E-state index >= 15 is 0 Å². The van der Waals surface area contributed by atoms with Gasteiger partial charge in [-0.1, -0.05) is 49.4 Å². The number of rotatable bonds is 6. The summed E-state index contributed by atoms with van der Waals surface area (Å²) in [4.78, 5) is 15.3. The largest absolute Gasteiger partial charge is 0.455 e. The second-order valence-corrected chi connectivity index (χ2v) is 8.04. The second kappa shape index (κ2) is 9.59. The minimum Gasteiger partial charge on any atom is -0.455 e. The molecule has 3 aromatic carbocycles. The van der Waals surface area contributed by atoms with Crippen LogP contribution in [0.2, 0.25) is 0 Å². The number of piperidine rings is 1. The van der Waals surface area contributed by atoms with Crippen LogP contribution in [0.5, 0.6) is 11.5 Å². The summed E-state index contributed by atoms with van der Waals surface area (Å²) in [6.45, 7) is 5.57. The van der Waals surface area contributed by atoms with Crippen molar-refractivity contribution in [2.75, 3.05) is 18.4 Å². The maximum atomic E-state index is 12.8. The molecule has 0 aromatic heterocycles. The Morgan fingerprint density at radius 3 is 2.50 bits per heavy atom. The van der Waals surface area contributed by atoms with Crippen LogP contribution in [0.1, 0.15) is 35.7 Å². The summed E-state index contributed by atoms with van der Waals surface area (Å²) >= 11 is 0. The van der Waals surface area contributed by atoms with Gasteiger partial charge in [0, 0.05) is 18.7 Å². The molecular weight excluding hydrogens is 372 g/mol. The summed E-state index contributed by atoms with van der Waals surface area (Å²) in [5.41, 5.74) is 2.53. The SMILES string of the molecule is C[C@H]1CCCN(Cc2ccc(C(=O)Nc3ccccc3Oc3ccccc3)cc2)C1. The topological polar surface area (TPSA) is 41.6 Å². The van der Waals surface area contributed by atoms with Crippen LogP contribution in [0.15, 0.2) is 78.9 Å². The molecule has 1 saturated heterocycles. The molecule has 0 radical (unpaired) electrons. The van der Waals surface area contributed by atoms with Crippen LogP contribution >= 0.6 is 0 Å². The molecule has 0 saturated carbocycles. The molecule has 1 aliphatic rings. The summed E-state index contributed by atoms with van der Waals surface area (Å²) in [7, 11) is 0. The molecular formula is C26H28N2O2. The summed E-state index contributed by atoms with van der Waals surface area (Å²) in [6.07, 6.45) is 2.59. The Balaban J connectivity index is 1.40. The van der Waals surface area contributed by atoms with Crippen LogP contribution in [0.25, 0.3) is 0 Å². The molecule has 4 nitrogen and oxygen atoms in total. The summed E-state index contributed by atoms with van der Waals surface area (Å²) in [6, 6.07) is 25.0. The third-order valence-electron chi connectivity index (χ3n) is 5.47. The van der Waals surface area contributed by atoms with Gasteiger partial charge in [-0.15, -0.1) is 0 Å². The minimum atomic E-state index is -0.141. The van der Waals surface area contributed by atoms with Crippen LogP contribution in [-0.2, 0) is 6.54 Å². The number of benzene rings is 3. The van der Waals surface area contributed by atoms with Crippen molar-refractivity contribution in [2.24, 2.45) is 5.92 Å². The van der Waals surface area contributed by atoms with Crippen LogP contribution in [0.4, 0.5) is 5.69 Å². The van der Waals surface area contributed by atoms with Crippen molar-refractivity contribution in [1.29, 1.82) is 0 Å². The maximum absolute atomic E-state index is 12.8. The first-order valence-electron chi connectivity index (χ1n) is 10.6. The number of para-hydroxylation sites is 3. The molecule has 30 heavy (non-hydrogen) atoms. The van der Waals surface area contributed by atoms with Crippen LogP contribution in [0.3, 0.4) is 0 Å². The average Bonchev–Trinajstić information content (AvgIpc) is 2.76. The van der Waals surface area contributed by atoms with E-state index in [2.05, 4.69) is 29.3 Å². The third kappa shape index (κ3) is 5.28. The molecule has 1 N–H and O–H groups in total. The van der Waals surface area contributed by atoms with Gasteiger partial charge in [0.15, 0.2) is 5.75 Å². The maximum Gasteiger partial charge on any atom is 0.255 e. The number of hydrogen-bond acceptors (Lipinski definition) is 3. The highest BCUT2D eigenvalue weighted by atomic mass is 16.5. The number of carbonyl (C=O) groups is 1. The number of likely N-dealkylation sites (tertiary alicyclic amines) is 1. The lowest BCUT2D eigenvalue weighted by molar-refractivity contribution is 0.102. The Kier molecular flexibility index (Phi) is 6.45. The summed E-state index contributed by atoms with van der Waals surface area (Å²) in [5.74, 6) is 1.97. The molecule has 154 valence electrons. The van der Waals surface area contributed by atoms with E-state index in [1.807, 2.05) is 66.7 Å². The Morgan fingerprint density at radius 2 is 1.73 bits per heavy atom. The van der Waals surface area contributed by atoms with Gasteiger partial charge in [0.25, 0.3) is 5.91 Å². The van der Waals surface area contributed by atoms with E-state index < -0.39 is 0 Å². The fourth-order valence-corrected chi connectivity index (χ4v) is 3.92. The number of anilines is 1. The Hall–Kier alpha value is -3.11. The molecule has 1 heterocycles. The fourth-order valence-electron chi connectivity index (χ4n) is 3.92. The molecule has 1 fully saturated rings. The quantitative estimate of drug-likeness (QED) is 0.555. The first-order chi connectivity index (χ1) is 14.7. The highest BCUT2D eigenvalue weighted by molar-refractivity contribution is 6.05. The van der Waals surface area contributed by atoms with Gasteiger partial charge in [-0.05, 0) is 67.3 Å².